The lowest BCUT2D eigenvalue weighted by Gasteiger charge is -2.37. The van der Waals surface area contributed by atoms with E-state index in [9.17, 15) is 19.7 Å². The van der Waals surface area contributed by atoms with Gasteiger partial charge in [-0.25, -0.2) is 0 Å². The Bertz CT molecular complexity index is 927. The van der Waals surface area contributed by atoms with Crippen LogP contribution in [0.5, 0.6) is 0 Å². The van der Waals surface area contributed by atoms with Crippen LogP contribution < -0.4 is 5.32 Å². The van der Waals surface area contributed by atoms with Gasteiger partial charge >= 0.3 is 0 Å². The van der Waals surface area contributed by atoms with E-state index in [0.29, 0.717) is 43.3 Å². The Hall–Kier alpha value is -2.97. The molecule has 1 atom stereocenters. The second-order valence-corrected chi connectivity index (χ2v) is 7.63. The number of halogens is 1. The van der Waals surface area contributed by atoms with Crippen molar-refractivity contribution in [1.29, 1.82) is 0 Å². The minimum Gasteiger partial charge on any atom is -0.340 e. The average Bonchev–Trinajstić information content (AvgIpc) is 2.75. The highest BCUT2D eigenvalue weighted by Crippen LogP contribution is 2.18. The predicted octanol–water partition coefficient (Wildman–Crippen LogP) is 2.96. The van der Waals surface area contributed by atoms with Gasteiger partial charge in [-0.2, -0.15) is 0 Å². The zero-order valence-electron chi connectivity index (χ0n) is 16.6. The van der Waals surface area contributed by atoms with Gasteiger partial charge in [0, 0.05) is 49.0 Å². The summed E-state index contributed by atoms with van der Waals surface area (Å²) in [5.74, 6) is -0.192. The first-order valence-corrected chi connectivity index (χ1v) is 10.0. The Morgan fingerprint density at radius 3 is 2.43 bits per heavy atom. The van der Waals surface area contributed by atoms with Crippen LogP contribution in [0.4, 0.5) is 11.4 Å². The highest BCUT2D eigenvalue weighted by Gasteiger charge is 2.27. The lowest BCUT2D eigenvalue weighted by atomic mass is 10.1. The zero-order chi connectivity index (χ0) is 21.7. The van der Waals surface area contributed by atoms with Gasteiger partial charge in [0.15, 0.2) is 0 Å². The van der Waals surface area contributed by atoms with Crippen molar-refractivity contribution >= 4 is 34.8 Å². The van der Waals surface area contributed by atoms with Gasteiger partial charge in [0.05, 0.1) is 17.4 Å². The predicted molar refractivity (Wildman–Crippen MR) is 114 cm³/mol. The van der Waals surface area contributed by atoms with Gasteiger partial charge in [-0.15, -0.1) is 0 Å². The van der Waals surface area contributed by atoms with Crippen molar-refractivity contribution in [1.82, 2.24) is 9.80 Å². The number of amides is 2. The SMILES string of the molecule is CC(C(=O)Nc1cccc([N+](=O)[O-])c1)N1CCN(C(=O)Cc2ccc(Cl)cc2)CC1. The number of carbonyl (C=O) groups is 2. The molecule has 2 aromatic carbocycles. The lowest BCUT2D eigenvalue weighted by molar-refractivity contribution is -0.384. The van der Waals surface area contributed by atoms with Crippen LogP contribution in [0.1, 0.15) is 12.5 Å². The van der Waals surface area contributed by atoms with Crippen molar-refractivity contribution < 1.29 is 14.5 Å². The molecule has 8 nitrogen and oxygen atoms in total. The zero-order valence-corrected chi connectivity index (χ0v) is 17.3. The first kappa shape index (κ1) is 21.7. The first-order valence-electron chi connectivity index (χ1n) is 9.65. The number of benzene rings is 2. The molecular formula is C21H23ClN4O4. The molecule has 9 heteroatoms. The van der Waals surface area contributed by atoms with Gasteiger partial charge in [0.25, 0.3) is 5.69 Å². The average molecular weight is 431 g/mol. The third kappa shape index (κ3) is 5.55. The summed E-state index contributed by atoms with van der Waals surface area (Å²) in [7, 11) is 0. The fourth-order valence-corrected chi connectivity index (χ4v) is 3.48. The van der Waals surface area contributed by atoms with Crippen molar-refractivity contribution in [2.24, 2.45) is 0 Å². The fraction of sp³-hybridized carbons (Fsp3) is 0.333. The monoisotopic (exact) mass is 430 g/mol. The summed E-state index contributed by atoms with van der Waals surface area (Å²) >= 11 is 5.88. The summed E-state index contributed by atoms with van der Waals surface area (Å²) in [5.41, 5.74) is 1.22. The Kier molecular flexibility index (Phi) is 7.02. The molecule has 1 saturated heterocycles. The maximum atomic E-state index is 12.6. The normalized spacial score (nSPS) is 15.5. The van der Waals surface area contributed by atoms with Crippen molar-refractivity contribution in [3.63, 3.8) is 0 Å². The molecule has 1 N–H and O–H groups in total. The van der Waals surface area contributed by atoms with Crippen LogP contribution in [0.15, 0.2) is 48.5 Å². The molecule has 2 aromatic rings. The van der Waals surface area contributed by atoms with E-state index in [2.05, 4.69) is 5.32 Å². The van der Waals surface area contributed by atoms with E-state index in [1.807, 2.05) is 17.0 Å². The van der Waals surface area contributed by atoms with Crippen LogP contribution in [0.25, 0.3) is 0 Å². The number of piperazine rings is 1. The van der Waals surface area contributed by atoms with E-state index in [-0.39, 0.29) is 17.5 Å². The van der Waals surface area contributed by atoms with Crippen LogP contribution in [-0.4, -0.2) is 58.8 Å². The molecule has 30 heavy (non-hydrogen) atoms. The van der Waals surface area contributed by atoms with Crippen molar-refractivity contribution in [3.05, 3.63) is 69.2 Å². The summed E-state index contributed by atoms with van der Waals surface area (Å²) in [6.45, 7) is 4.03. The third-order valence-electron chi connectivity index (χ3n) is 5.19. The van der Waals surface area contributed by atoms with Gasteiger partial charge in [-0.3, -0.25) is 24.6 Å². The molecule has 0 spiro atoms. The molecule has 0 bridgehead atoms. The standard InChI is InChI=1S/C21H23ClN4O4/c1-15(21(28)23-18-3-2-4-19(14-18)26(29)30)24-9-11-25(12-10-24)20(27)13-16-5-7-17(22)8-6-16/h2-8,14-15H,9-13H2,1H3,(H,23,28). The van der Waals surface area contributed by atoms with E-state index in [0.717, 1.165) is 5.56 Å². The number of nitrogens with one attached hydrogen (secondary N) is 1. The number of carbonyl (C=O) groups excluding carboxylic acids is 2. The highest BCUT2D eigenvalue weighted by atomic mass is 35.5. The quantitative estimate of drug-likeness (QED) is 0.561. The summed E-state index contributed by atoms with van der Waals surface area (Å²) in [4.78, 5) is 39.3. The molecule has 2 amide bonds. The van der Waals surface area contributed by atoms with Gasteiger partial charge < -0.3 is 10.2 Å². The summed E-state index contributed by atoms with van der Waals surface area (Å²) in [6, 6.07) is 12.7. The Morgan fingerprint density at radius 2 is 1.80 bits per heavy atom. The third-order valence-corrected chi connectivity index (χ3v) is 5.44. The second kappa shape index (κ2) is 9.69. The van der Waals surface area contributed by atoms with Crippen LogP contribution >= 0.6 is 11.6 Å². The molecule has 1 fully saturated rings. The van der Waals surface area contributed by atoms with Gasteiger partial charge in [-0.05, 0) is 30.7 Å². The van der Waals surface area contributed by atoms with Crippen molar-refractivity contribution in [2.45, 2.75) is 19.4 Å². The number of nitro benzene ring substituents is 1. The fourth-order valence-electron chi connectivity index (χ4n) is 3.36. The van der Waals surface area contributed by atoms with Crippen LogP contribution in [0, 0.1) is 10.1 Å². The Balaban J connectivity index is 1.50. The molecule has 0 aliphatic carbocycles. The largest absolute Gasteiger partial charge is 0.340 e. The summed E-state index contributed by atoms with van der Waals surface area (Å²) < 4.78 is 0. The van der Waals surface area contributed by atoms with Crippen molar-refractivity contribution in [2.75, 3.05) is 31.5 Å². The van der Waals surface area contributed by atoms with E-state index in [1.54, 1.807) is 30.0 Å². The maximum Gasteiger partial charge on any atom is 0.271 e. The summed E-state index contributed by atoms with van der Waals surface area (Å²) in [6.07, 6.45) is 0.319. The minimum absolute atomic E-state index is 0.0469. The molecule has 1 aliphatic rings. The number of nitro groups is 1. The Labute approximate surface area is 179 Å². The molecular weight excluding hydrogens is 408 g/mol. The molecule has 0 radical (unpaired) electrons. The number of anilines is 1. The molecule has 0 saturated carbocycles. The smallest absolute Gasteiger partial charge is 0.271 e. The number of rotatable bonds is 6. The summed E-state index contributed by atoms with van der Waals surface area (Å²) in [5, 5.41) is 14.2. The molecule has 1 unspecified atom stereocenters. The molecule has 1 heterocycles. The van der Waals surface area contributed by atoms with Gasteiger partial charge in [0.1, 0.15) is 0 Å². The van der Waals surface area contributed by atoms with Crippen LogP contribution in [0.3, 0.4) is 0 Å². The van der Waals surface area contributed by atoms with E-state index < -0.39 is 11.0 Å². The molecule has 1 aliphatic heterocycles. The lowest BCUT2D eigenvalue weighted by Crippen LogP contribution is -2.54. The highest BCUT2D eigenvalue weighted by molar-refractivity contribution is 6.30. The van der Waals surface area contributed by atoms with Crippen LogP contribution in [-0.2, 0) is 16.0 Å². The van der Waals surface area contributed by atoms with E-state index in [1.165, 1.54) is 18.2 Å². The second-order valence-electron chi connectivity index (χ2n) is 7.19. The molecule has 3 rings (SSSR count). The van der Waals surface area contributed by atoms with Crippen molar-refractivity contribution in [3.8, 4) is 0 Å². The number of hydrogen-bond acceptors (Lipinski definition) is 5. The molecule has 0 aromatic heterocycles. The first-order chi connectivity index (χ1) is 14.3. The minimum atomic E-state index is -0.501. The topological polar surface area (TPSA) is 95.8 Å². The number of hydrogen-bond donors (Lipinski definition) is 1. The molecule has 158 valence electrons. The maximum absolute atomic E-state index is 12.6. The van der Waals surface area contributed by atoms with E-state index in [4.69, 9.17) is 11.6 Å². The number of nitrogens with zero attached hydrogens (tertiary/aromatic N) is 3. The Morgan fingerprint density at radius 1 is 1.13 bits per heavy atom. The van der Waals surface area contributed by atoms with Gasteiger partial charge in [0.2, 0.25) is 11.8 Å². The van der Waals surface area contributed by atoms with Gasteiger partial charge in [-0.1, -0.05) is 29.8 Å². The van der Waals surface area contributed by atoms with Crippen LogP contribution in [0.2, 0.25) is 5.02 Å². The number of non-ortho nitro benzene ring substituents is 1. The van der Waals surface area contributed by atoms with E-state index >= 15 is 0 Å².